The highest BCUT2D eigenvalue weighted by Crippen LogP contribution is 2.21. The summed E-state index contributed by atoms with van der Waals surface area (Å²) in [5.41, 5.74) is 6.82. The number of benzene rings is 1. The van der Waals surface area contributed by atoms with Crippen molar-refractivity contribution in [1.29, 1.82) is 0 Å². The number of hydrogen-bond donors (Lipinski definition) is 1. The van der Waals surface area contributed by atoms with Gasteiger partial charge in [-0.2, -0.15) is 0 Å². The van der Waals surface area contributed by atoms with Crippen LogP contribution >= 0.6 is 12.4 Å². The van der Waals surface area contributed by atoms with E-state index in [0.717, 1.165) is 18.4 Å². The standard InChI is InChI=1S/C11H15F2N.ClH/c1-2-3-10(14)8-4-6-9(7-5-8)11(12)13;/h4-7,10-11H,2-3,14H2,1H3;1H. The highest BCUT2D eigenvalue weighted by atomic mass is 35.5. The number of halogens is 3. The van der Waals surface area contributed by atoms with E-state index >= 15 is 0 Å². The highest BCUT2D eigenvalue weighted by Gasteiger charge is 2.08. The summed E-state index contributed by atoms with van der Waals surface area (Å²) in [6, 6.07) is 6.21. The molecule has 2 N–H and O–H groups in total. The van der Waals surface area contributed by atoms with E-state index in [-0.39, 0.29) is 24.0 Å². The average molecular weight is 236 g/mol. The van der Waals surface area contributed by atoms with Gasteiger partial charge in [0, 0.05) is 11.6 Å². The van der Waals surface area contributed by atoms with Gasteiger partial charge in [0.25, 0.3) is 6.43 Å². The van der Waals surface area contributed by atoms with Crippen LogP contribution < -0.4 is 5.73 Å². The lowest BCUT2D eigenvalue weighted by atomic mass is 10.0. The summed E-state index contributed by atoms with van der Waals surface area (Å²) in [5.74, 6) is 0. The predicted molar refractivity (Wildman–Crippen MR) is 60.5 cm³/mol. The summed E-state index contributed by atoms with van der Waals surface area (Å²) in [7, 11) is 0. The smallest absolute Gasteiger partial charge is 0.263 e. The first-order chi connectivity index (χ1) is 6.65. The van der Waals surface area contributed by atoms with Gasteiger partial charge in [-0.3, -0.25) is 0 Å². The van der Waals surface area contributed by atoms with E-state index in [9.17, 15) is 8.78 Å². The molecule has 1 unspecified atom stereocenters. The Bertz CT molecular complexity index is 274. The summed E-state index contributed by atoms with van der Waals surface area (Å²) >= 11 is 0. The molecule has 15 heavy (non-hydrogen) atoms. The molecule has 0 aliphatic heterocycles. The zero-order valence-electron chi connectivity index (χ0n) is 8.62. The molecule has 1 aromatic rings. The van der Waals surface area contributed by atoms with E-state index in [1.165, 1.54) is 12.1 Å². The van der Waals surface area contributed by atoms with Crippen molar-refractivity contribution in [2.45, 2.75) is 32.2 Å². The Morgan fingerprint density at radius 1 is 1.13 bits per heavy atom. The topological polar surface area (TPSA) is 26.0 Å². The maximum absolute atomic E-state index is 12.2. The lowest BCUT2D eigenvalue weighted by molar-refractivity contribution is 0.151. The summed E-state index contributed by atoms with van der Waals surface area (Å²) < 4.78 is 24.4. The number of hydrogen-bond acceptors (Lipinski definition) is 1. The monoisotopic (exact) mass is 235 g/mol. The second kappa shape index (κ2) is 6.75. The molecule has 0 radical (unpaired) electrons. The van der Waals surface area contributed by atoms with Crippen LogP contribution in [0.5, 0.6) is 0 Å². The Morgan fingerprint density at radius 3 is 2.00 bits per heavy atom. The number of nitrogens with two attached hydrogens (primary N) is 1. The van der Waals surface area contributed by atoms with Gasteiger partial charge in [-0.25, -0.2) is 8.78 Å². The highest BCUT2D eigenvalue weighted by molar-refractivity contribution is 5.85. The van der Waals surface area contributed by atoms with Gasteiger partial charge in [-0.05, 0) is 12.0 Å². The van der Waals surface area contributed by atoms with Crippen LogP contribution in [0.3, 0.4) is 0 Å². The molecule has 0 spiro atoms. The second-order valence-electron chi connectivity index (χ2n) is 3.36. The van der Waals surface area contributed by atoms with Crippen molar-refractivity contribution in [1.82, 2.24) is 0 Å². The van der Waals surface area contributed by atoms with Crippen LogP contribution in [-0.4, -0.2) is 0 Å². The molecule has 0 aromatic heterocycles. The summed E-state index contributed by atoms with van der Waals surface area (Å²) in [4.78, 5) is 0. The minimum absolute atomic E-state index is 0. The van der Waals surface area contributed by atoms with Crippen LogP contribution in [0.4, 0.5) is 8.78 Å². The van der Waals surface area contributed by atoms with Gasteiger partial charge in [0.05, 0.1) is 0 Å². The zero-order chi connectivity index (χ0) is 10.6. The number of rotatable bonds is 4. The molecule has 0 heterocycles. The summed E-state index contributed by atoms with van der Waals surface area (Å²) in [6.07, 6.45) is -0.516. The van der Waals surface area contributed by atoms with Crippen LogP contribution in [0.2, 0.25) is 0 Å². The fourth-order valence-corrected chi connectivity index (χ4v) is 1.37. The minimum Gasteiger partial charge on any atom is -0.324 e. The molecule has 1 nitrogen and oxygen atoms in total. The molecule has 0 saturated carbocycles. The molecule has 0 saturated heterocycles. The van der Waals surface area contributed by atoms with E-state index < -0.39 is 6.43 Å². The van der Waals surface area contributed by atoms with Gasteiger partial charge in [-0.1, -0.05) is 37.6 Å². The molecule has 0 aliphatic rings. The molecule has 1 rings (SSSR count). The van der Waals surface area contributed by atoms with Crippen LogP contribution in [0.15, 0.2) is 24.3 Å². The van der Waals surface area contributed by atoms with Crippen LogP contribution in [0, 0.1) is 0 Å². The molecule has 0 bridgehead atoms. The Morgan fingerprint density at radius 2 is 1.60 bits per heavy atom. The molecular weight excluding hydrogens is 220 g/mol. The van der Waals surface area contributed by atoms with Crippen LogP contribution in [0.1, 0.15) is 43.4 Å². The maximum Gasteiger partial charge on any atom is 0.263 e. The van der Waals surface area contributed by atoms with Crippen molar-refractivity contribution in [3.63, 3.8) is 0 Å². The predicted octanol–water partition coefficient (Wildman–Crippen LogP) is 3.85. The lowest BCUT2D eigenvalue weighted by Crippen LogP contribution is -2.09. The van der Waals surface area contributed by atoms with Crippen LogP contribution in [-0.2, 0) is 0 Å². The largest absolute Gasteiger partial charge is 0.324 e. The van der Waals surface area contributed by atoms with Crippen molar-refractivity contribution in [3.05, 3.63) is 35.4 Å². The second-order valence-corrected chi connectivity index (χ2v) is 3.36. The fourth-order valence-electron chi connectivity index (χ4n) is 1.37. The normalized spacial score (nSPS) is 12.3. The summed E-state index contributed by atoms with van der Waals surface area (Å²) in [6.45, 7) is 2.05. The van der Waals surface area contributed by atoms with E-state index in [0.29, 0.717) is 0 Å². The van der Waals surface area contributed by atoms with E-state index in [4.69, 9.17) is 5.73 Å². The van der Waals surface area contributed by atoms with Crippen molar-refractivity contribution in [2.24, 2.45) is 5.73 Å². The molecule has 0 fully saturated rings. The van der Waals surface area contributed by atoms with Crippen molar-refractivity contribution >= 4 is 12.4 Å². The average Bonchev–Trinajstić information content (AvgIpc) is 2.18. The first-order valence-electron chi connectivity index (χ1n) is 4.78. The Kier molecular flexibility index (Phi) is 6.45. The van der Waals surface area contributed by atoms with Gasteiger partial charge in [0.2, 0.25) is 0 Å². The minimum atomic E-state index is -2.40. The SMILES string of the molecule is CCCC(N)c1ccc(C(F)F)cc1.Cl. The van der Waals surface area contributed by atoms with Gasteiger partial charge >= 0.3 is 0 Å². The third kappa shape index (κ3) is 4.14. The summed E-state index contributed by atoms with van der Waals surface area (Å²) in [5, 5.41) is 0. The molecule has 1 atom stereocenters. The molecular formula is C11H16ClF2N. The lowest BCUT2D eigenvalue weighted by Gasteiger charge is -2.10. The third-order valence-electron chi connectivity index (χ3n) is 2.22. The van der Waals surface area contributed by atoms with E-state index in [1.54, 1.807) is 12.1 Å². The molecule has 1 aromatic carbocycles. The van der Waals surface area contributed by atoms with Gasteiger partial charge in [0.15, 0.2) is 0 Å². The van der Waals surface area contributed by atoms with Gasteiger partial charge in [-0.15, -0.1) is 12.4 Å². The first-order valence-corrected chi connectivity index (χ1v) is 4.78. The molecule has 4 heteroatoms. The molecule has 0 aliphatic carbocycles. The molecule has 86 valence electrons. The first kappa shape index (κ1) is 14.3. The van der Waals surface area contributed by atoms with E-state index in [2.05, 4.69) is 0 Å². The Balaban J connectivity index is 0.00000196. The zero-order valence-corrected chi connectivity index (χ0v) is 9.44. The van der Waals surface area contributed by atoms with E-state index in [1.807, 2.05) is 6.92 Å². The van der Waals surface area contributed by atoms with Crippen molar-refractivity contribution in [3.8, 4) is 0 Å². The maximum atomic E-state index is 12.2. The van der Waals surface area contributed by atoms with Gasteiger partial charge in [0.1, 0.15) is 0 Å². The molecule has 0 amide bonds. The van der Waals surface area contributed by atoms with Crippen molar-refractivity contribution < 1.29 is 8.78 Å². The number of alkyl halides is 2. The van der Waals surface area contributed by atoms with Crippen LogP contribution in [0.25, 0.3) is 0 Å². The quantitative estimate of drug-likeness (QED) is 0.843. The van der Waals surface area contributed by atoms with Gasteiger partial charge < -0.3 is 5.73 Å². The third-order valence-corrected chi connectivity index (χ3v) is 2.22. The Hall–Kier alpha value is -0.670. The fraction of sp³-hybridized carbons (Fsp3) is 0.455. The Labute approximate surface area is 95.1 Å². The van der Waals surface area contributed by atoms with Crippen molar-refractivity contribution in [2.75, 3.05) is 0 Å².